The number of aryl methyl sites for hydroxylation is 3. The summed E-state index contributed by atoms with van der Waals surface area (Å²) in [6, 6.07) is 2.05. The summed E-state index contributed by atoms with van der Waals surface area (Å²) in [6.45, 7) is 9.32. The summed E-state index contributed by atoms with van der Waals surface area (Å²) in [5.74, 6) is 0.109. The van der Waals surface area contributed by atoms with Gasteiger partial charge < -0.3 is 5.32 Å². The Labute approximate surface area is 132 Å². The third-order valence-corrected chi connectivity index (χ3v) is 4.26. The Morgan fingerprint density at radius 1 is 1.48 bits per heavy atom. The lowest BCUT2D eigenvalue weighted by molar-refractivity contribution is 0.0940. The first-order valence-electron chi connectivity index (χ1n) is 6.88. The van der Waals surface area contributed by atoms with E-state index in [9.17, 15) is 4.79 Å². The SMILES string of the molecule is Cc1cc(C)n(CC(C)CNC(=O)c2n[nH]c(C)c2Br)n1. The normalized spacial score (nSPS) is 12.4. The molecular formula is C14H20BrN5O. The van der Waals surface area contributed by atoms with Crippen molar-refractivity contribution in [3.63, 3.8) is 0 Å². The molecule has 0 saturated carbocycles. The van der Waals surface area contributed by atoms with Crippen molar-refractivity contribution < 1.29 is 4.79 Å². The third kappa shape index (κ3) is 3.72. The van der Waals surface area contributed by atoms with Crippen LogP contribution in [0, 0.1) is 26.7 Å². The molecule has 0 aliphatic heterocycles. The van der Waals surface area contributed by atoms with Gasteiger partial charge in [0.25, 0.3) is 5.91 Å². The molecule has 6 nitrogen and oxygen atoms in total. The van der Waals surface area contributed by atoms with E-state index in [4.69, 9.17) is 0 Å². The van der Waals surface area contributed by atoms with Crippen LogP contribution in [-0.2, 0) is 6.54 Å². The molecule has 0 aliphatic rings. The highest BCUT2D eigenvalue weighted by Gasteiger charge is 2.16. The largest absolute Gasteiger partial charge is 0.350 e. The summed E-state index contributed by atoms with van der Waals surface area (Å²) in [5.41, 5.74) is 3.39. The van der Waals surface area contributed by atoms with Crippen LogP contribution in [0.1, 0.15) is 34.5 Å². The first-order chi connectivity index (χ1) is 9.88. The molecule has 2 rings (SSSR count). The molecule has 0 aromatic carbocycles. The van der Waals surface area contributed by atoms with Crippen LogP contribution in [0.4, 0.5) is 0 Å². The molecule has 2 N–H and O–H groups in total. The Morgan fingerprint density at radius 2 is 2.19 bits per heavy atom. The average Bonchev–Trinajstić information content (AvgIpc) is 2.91. The number of nitrogens with one attached hydrogen (secondary N) is 2. The van der Waals surface area contributed by atoms with Crippen LogP contribution >= 0.6 is 15.9 Å². The van der Waals surface area contributed by atoms with Crippen molar-refractivity contribution >= 4 is 21.8 Å². The topological polar surface area (TPSA) is 75.6 Å². The van der Waals surface area contributed by atoms with Crippen molar-refractivity contribution in [1.82, 2.24) is 25.3 Å². The molecule has 1 unspecified atom stereocenters. The summed E-state index contributed by atoms with van der Waals surface area (Å²) in [6.07, 6.45) is 0. The van der Waals surface area contributed by atoms with E-state index >= 15 is 0 Å². The first kappa shape index (κ1) is 15.8. The van der Waals surface area contributed by atoms with Crippen LogP contribution in [0.25, 0.3) is 0 Å². The van der Waals surface area contributed by atoms with Gasteiger partial charge in [-0.2, -0.15) is 10.2 Å². The van der Waals surface area contributed by atoms with Gasteiger partial charge in [-0.3, -0.25) is 14.6 Å². The Morgan fingerprint density at radius 3 is 2.71 bits per heavy atom. The van der Waals surface area contributed by atoms with Gasteiger partial charge in [0, 0.05) is 24.5 Å². The minimum absolute atomic E-state index is 0.175. The van der Waals surface area contributed by atoms with Gasteiger partial charge in [0.05, 0.1) is 10.2 Å². The average molecular weight is 354 g/mol. The number of H-pyrrole nitrogens is 1. The van der Waals surface area contributed by atoms with E-state index in [1.54, 1.807) is 0 Å². The van der Waals surface area contributed by atoms with Crippen LogP contribution < -0.4 is 5.32 Å². The fourth-order valence-electron chi connectivity index (χ4n) is 2.14. The molecule has 1 amide bonds. The summed E-state index contributed by atoms with van der Waals surface area (Å²) >= 11 is 3.36. The maximum atomic E-state index is 12.1. The van der Waals surface area contributed by atoms with E-state index in [1.807, 2.05) is 25.5 Å². The van der Waals surface area contributed by atoms with E-state index < -0.39 is 0 Å². The van der Waals surface area contributed by atoms with Gasteiger partial charge in [-0.05, 0) is 48.7 Å². The van der Waals surface area contributed by atoms with E-state index in [2.05, 4.69) is 49.5 Å². The summed E-state index contributed by atoms with van der Waals surface area (Å²) in [5, 5.41) is 14.1. The lowest BCUT2D eigenvalue weighted by atomic mass is 10.2. The van der Waals surface area contributed by atoms with Crippen LogP contribution in [0.2, 0.25) is 0 Å². The highest BCUT2D eigenvalue weighted by molar-refractivity contribution is 9.10. The molecule has 0 radical (unpaired) electrons. The summed E-state index contributed by atoms with van der Waals surface area (Å²) in [4.78, 5) is 12.1. The number of halogens is 1. The molecule has 2 heterocycles. The highest BCUT2D eigenvalue weighted by atomic mass is 79.9. The first-order valence-corrected chi connectivity index (χ1v) is 7.67. The van der Waals surface area contributed by atoms with Crippen molar-refractivity contribution in [2.75, 3.05) is 6.54 Å². The van der Waals surface area contributed by atoms with Gasteiger partial charge in [0.2, 0.25) is 0 Å². The highest BCUT2D eigenvalue weighted by Crippen LogP contribution is 2.17. The number of hydrogen-bond donors (Lipinski definition) is 2. The molecule has 1 atom stereocenters. The van der Waals surface area contributed by atoms with Crippen molar-refractivity contribution in [2.45, 2.75) is 34.2 Å². The zero-order chi connectivity index (χ0) is 15.6. The van der Waals surface area contributed by atoms with Crippen LogP contribution in [-0.4, -0.2) is 32.4 Å². The number of nitrogens with zero attached hydrogens (tertiary/aromatic N) is 3. The zero-order valence-corrected chi connectivity index (χ0v) is 14.3. The molecule has 0 spiro atoms. The van der Waals surface area contributed by atoms with Gasteiger partial charge in [0.15, 0.2) is 5.69 Å². The van der Waals surface area contributed by atoms with Gasteiger partial charge in [-0.15, -0.1) is 0 Å². The monoisotopic (exact) mass is 353 g/mol. The second-order valence-electron chi connectivity index (χ2n) is 5.44. The second-order valence-corrected chi connectivity index (χ2v) is 6.23. The minimum atomic E-state index is -0.175. The molecular weight excluding hydrogens is 334 g/mol. The minimum Gasteiger partial charge on any atom is -0.350 e. The molecule has 0 aliphatic carbocycles. The fraction of sp³-hybridized carbons (Fsp3) is 0.500. The molecule has 2 aromatic heterocycles. The maximum Gasteiger partial charge on any atom is 0.272 e. The fourth-order valence-corrected chi connectivity index (χ4v) is 2.49. The Bertz CT molecular complexity index is 646. The molecule has 21 heavy (non-hydrogen) atoms. The van der Waals surface area contributed by atoms with Gasteiger partial charge in [-0.1, -0.05) is 6.92 Å². The molecule has 2 aromatic rings. The van der Waals surface area contributed by atoms with Crippen molar-refractivity contribution in [2.24, 2.45) is 5.92 Å². The van der Waals surface area contributed by atoms with Crippen molar-refractivity contribution in [3.05, 3.63) is 33.3 Å². The van der Waals surface area contributed by atoms with E-state index in [-0.39, 0.29) is 11.8 Å². The summed E-state index contributed by atoms with van der Waals surface area (Å²) < 4.78 is 2.69. The molecule has 7 heteroatoms. The van der Waals surface area contributed by atoms with Crippen LogP contribution in [0.15, 0.2) is 10.5 Å². The maximum absolute atomic E-state index is 12.1. The number of aromatic amines is 1. The van der Waals surface area contributed by atoms with Crippen LogP contribution in [0.5, 0.6) is 0 Å². The van der Waals surface area contributed by atoms with Crippen molar-refractivity contribution in [3.8, 4) is 0 Å². The van der Waals surface area contributed by atoms with Gasteiger partial charge >= 0.3 is 0 Å². The summed E-state index contributed by atoms with van der Waals surface area (Å²) in [7, 11) is 0. The number of carbonyl (C=O) groups excluding carboxylic acids is 1. The Balaban J connectivity index is 1.89. The van der Waals surface area contributed by atoms with E-state index in [1.165, 1.54) is 0 Å². The van der Waals surface area contributed by atoms with E-state index in [0.29, 0.717) is 16.7 Å². The predicted octanol–water partition coefficient (Wildman–Crippen LogP) is 2.36. The predicted molar refractivity (Wildman–Crippen MR) is 84.2 cm³/mol. The lowest BCUT2D eigenvalue weighted by Gasteiger charge is -2.13. The molecule has 0 saturated heterocycles. The van der Waals surface area contributed by atoms with Crippen molar-refractivity contribution in [1.29, 1.82) is 0 Å². The number of rotatable bonds is 5. The Kier molecular flexibility index (Phi) is 4.82. The lowest BCUT2D eigenvalue weighted by Crippen LogP contribution is -2.30. The number of aromatic nitrogens is 4. The molecule has 114 valence electrons. The van der Waals surface area contributed by atoms with Gasteiger partial charge in [0.1, 0.15) is 0 Å². The number of amides is 1. The number of carbonyl (C=O) groups is 1. The number of hydrogen-bond acceptors (Lipinski definition) is 3. The Hall–Kier alpha value is -1.63. The molecule has 0 bridgehead atoms. The zero-order valence-electron chi connectivity index (χ0n) is 12.7. The van der Waals surface area contributed by atoms with E-state index in [0.717, 1.165) is 23.6 Å². The second kappa shape index (κ2) is 6.43. The van der Waals surface area contributed by atoms with Crippen LogP contribution in [0.3, 0.4) is 0 Å². The smallest absolute Gasteiger partial charge is 0.272 e. The molecule has 0 fully saturated rings. The van der Waals surface area contributed by atoms with Gasteiger partial charge in [-0.25, -0.2) is 0 Å². The standard InChI is InChI=1S/C14H20BrN5O/c1-8(7-20-10(3)5-9(2)19-20)6-16-14(21)13-12(15)11(4)17-18-13/h5,8H,6-7H2,1-4H3,(H,16,21)(H,17,18). The quantitative estimate of drug-likeness (QED) is 0.866. The third-order valence-electron chi connectivity index (χ3n) is 3.29.